The zero-order valence-electron chi connectivity index (χ0n) is 11.8. The fourth-order valence-electron chi connectivity index (χ4n) is 1.93. The third-order valence-electron chi connectivity index (χ3n) is 2.95. The van der Waals surface area contributed by atoms with Crippen LogP contribution in [0.4, 0.5) is 16.2 Å². The molecule has 0 radical (unpaired) electrons. The summed E-state index contributed by atoms with van der Waals surface area (Å²) in [6, 6.07) is 7.50. The molecule has 1 atom stereocenters. The lowest BCUT2D eigenvalue weighted by Crippen LogP contribution is -2.12. The lowest BCUT2D eigenvalue weighted by Gasteiger charge is -2.15. The first-order chi connectivity index (χ1) is 9.60. The number of methoxy groups -OCH3 is 1. The van der Waals surface area contributed by atoms with Crippen molar-refractivity contribution in [1.82, 2.24) is 9.55 Å². The number of benzene rings is 1. The molecule has 1 aromatic carbocycles. The van der Waals surface area contributed by atoms with Crippen LogP contribution in [0.2, 0.25) is 0 Å². The van der Waals surface area contributed by atoms with Crippen molar-refractivity contribution in [3.63, 3.8) is 0 Å². The summed E-state index contributed by atoms with van der Waals surface area (Å²) in [7, 11) is 3.30. The predicted octanol–water partition coefficient (Wildman–Crippen LogP) is 2.77. The summed E-state index contributed by atoms with van der Waals surface area (Å²) in [5.41, 5.74) is 1.64. The molecule has 0 bridgehead atoms. The number of hydrogen-bond acceptors (Lipinski definition) is 4. The van der Waals surface area contributed by atoms with E-state index in [1.807, 2.05) is 49.0 Å². The van der Waals surface area contributed by atoms with Crippen LogP contribution in [0, 0.1) is 0 Å². The second-order valence-electron chi connectivity index (χ2n) is 4.46. The number of hydrogen-bond donors (Lipinski definition) is 2. The number of rotatable bonds is 4. The van der Waals surface area contributed by atoms with Gasteiger partial charge >= 0.3 is 6.09 Å². The van der Waals surface area contributed by atoms with Crippen molar-refractivity contribution < 1.29 is 9.53 Å². The van der Waals surface area contributed by atoms with E-state index in [9.17, 15) is 4.79 Å². The minimum absolute atomic E-state index is 0.0921. The summed E-state index contributed by atoms with van der Waals surface area (Å²) in [4.78, 5) is 15.4. The predicted molar refractivity (Wildman–Crippen MR) is 77.7 cm³/mol. The van der Waals surface area contributed by atoms with Gasteiger partial charge in [0, 0.05) is 30.8 Å². The van der Waals surface area contributed by atoms with Gasteiger partial charge in [0.25, 0.3) is 0 Å². The molecule has 106 valence electrons. The Hall–Kier alpha value is -2.50. The molecule has 0 aliphatic heterocycles. The van der Waals surface area contributed by atoms with Crippen molar-refractivity contribution in [2.75, 3.05) is 17.7 Å². The smallest absolute Gasteiger partial charge is 0.411 e. The molecule has 0 spiro atoms. The Morgan fingerprint density at radius 1 is 1.30 bits per heavy atom. The Labute approximate surface area is 117 Å². The number of carbonyl (C=O) groups excluding carboxylic acids is 1. The van der Waals surface area contributed by atoms with Crippen molar-refractivity contribution in [3.05, 3.63) is 42.5 Å². The van der Waals surface area contributed by atoms with E-state index in [0.717, 1.165) is 11.5 Å². The molecule has 0 aliphatic carbocycles. The van der Waals surface area contributed by atoms with E-state index < -0.39 is 6.09 Å². The number of carbonyl (C=O) groups is 1. The van der Waals surface area contributed by atoms with Crippen LogP contribution >= 0.6 is 0 Å². The molecule has 1 aromatic heterocycles. The number of anilines is 2. The third-order valence-corrected chi connectivity index (χ3v) is 2.95. The molecule has 0 aliphatic rings. The molecular formula is C14H18N4O2. The minimum Gasteiger partial charge on any atom is -0.453 e. The molecule has 6 nitrogen and oxygen atoms in total. The zero-order valence-corrected chi connectivity index (χ0v) is 11.8. The first-order valence-corrected chi connectivity index (χ1v) is 6.29. The summed E-state index contributed by atoms with van der Waals surface area (Å²) in [5, 5.41) is 5.96. The Kier molecular flexibility index (Phi) is 4.24. The number of amides is 1. The largest absolute Gasteiger partial charge is 0.453 e. The summed E-state index contributed by atoms with van der Waals surface area (Å²) >= 11 is 0. The fraction of sp³-hybridized carbons (Fsp3) is 0.286. The standard InChI is InChI=1S/C14H18N4O2/c1-10(13-15-8-9-18(13)2)16-11-4-6-12(7-5-11)17-14(19)20-3/h4-10,16H,1-3H3,(H,17,19). The van der Waals surface area contributed by atoms with Gasteiger partial charge in [-0.25, -0.2) is 9.78 Å². The Morgan fingerprint density at radius 2 is 1.95 bits per heavy atom. The maximum atomic E-state index is 11.1. The SMILES string of the molecule is COC(=O)Nc1ccc(NC(C)c2nccn2C)cc1. The Morgan fingerprint density at radius 3 is 2.50 bits per heavy atom. The topological polar surface area (TPSA) is 68.2 Å². The minimum atomic E-state index is -0.480. The van der Waals surface area contributed by atoms with Gasteiger partial charge in [-0.15, -0.1) is 0 Å². The molecular weight excluding hydrogens is 256 g/mol. The quantitative estimate of drug-likeness (QED) is 0.899. The monoisotopic (exact) mass is 274 g/mol. The number of ether oxygens (including phenoxy) is 1. The molecule has 1 unspecified atom stereocenters. The summed E-state index contributed by atoms with van der Waals surface area (Å²) in [6.45, 7) is 2.04. The molecule has 1 amide bonds. The molecule has 2 N–H and O–H groups in total. The summed E-state index contributed by atoms with van der Waals surface area (Å²) in [6.07, 6.45) is 3.21. The van der Waals surface area contributed by atoms with E-state index in [-0.39, 0.29) is 6.04 Å². The van der Waals surface area contributed by atoms with Crippen molar-refractivity contribution in [3.8, 4) is 0 Å². The highest BCUT2D eigenvalue weighted by atomic mass is 16.5. The van der Waals surface area contributed by atoms with Gasteiger partial charge in [0.05, 0.1) is 13.2 Å². The van der Waals surface area contributed by atoms with Gasteiger partial charge in [0.2, 0.25) is 0 Å². The maximum absolute atomic E-state index is 11.1. The second-order valence-corrected chi connectivity index (χ2v) is 4.46. The van der Waals surface area contributed by atoms with Gasteiger partial charge in [-0.05, 0) is 31.2 Å². The van der Waals surface area contributed by atoms with Gasteiger partial charge < -0.3 is 14.6 Å². The van der Waals surface area contributed by atoms with E-state index in [2.05, 4.69) is 20.4 Å². The van der Waals surface area contributed by atoms with E-state index in [4.69, 9.17) is 0 Å². The third kappa shape index (κ3) is 3.28. The van der Waals surface area contributed by atoms with Crippen LogP contribution in [0.1, 0.15) is 18.8 Å². The van der Waals surface area contributed by atoms with Crippen LogP contribution in [-0.4, -0.2) is 22.8 Å². The molecule has 20 heavy (non-hydrogen) atoms. The van der Waals surface area contributed by atoms with Crippen molar-refractivity contribution in [2.45, 2.75) is 13.0 Å². The molecule has 6 heteroatoms. The van der Waals surface area contributed by atoms with E-state index in [1.54, 1.807) is 6.20 Å². The van der Waals surface area contributed by atoms with Crippen LogP contribution in [0.15, 0.2) is 36.7 Å². The van der Waals surface area contributed by atoms with Crippen LogP contribution < -0.4 is 10.6 Å². The zero-order chi connectivity index (χ0) is 14.5. The molecule has 2 rings (SSSR count). The Bertz CT molecular complexity index is 577. The second kappa shape index (κ2) is 6.10. The number of nitrogens with one attached hydrogen (secondary N) is 2. The van der Waals surface area contributed by atoms with Gasteiger partial charge in [-0.1, -0.05) is 0 Å². The highest BCUT2D eigenvalue weighted by molar-refractivity contribution is 5.84. The van der Waals surface area contributed by atoms with Crippen LogP contribution in [-0.2, 0) is 11.8 Å². The van der Waals surface area contributed by atoms with Crippen molar-refractivity contribution >= 4 is 17.5 Å². The van der Waals surface area contributed by atoms with Gasteiger partial charge in [0.15, 0.2) is 0 Å². The van der Waals surface area contributed by atoms with Crippen molar-refractivity contribution in [2.24, 2.45) is 7.05 Å². The Balaban J connectivity index is 2.00. The van der Waals surface area contributed by atoms with Crippen LogP contribution in [0.5, 0.6) is 0 Å². The van der Waals surface area contributed by atoms with E-state index in [0.29, 0.717) is 5.69 Å². The normalized spacial score (nSPS) is 11.8. The lowest BCUT2D eigenvalue weighted by molar-refractivity contribution is 0.187. The lowest BCUT2D eigenvalue weighted by atomic mass is 10.2. The molecule has 2 aromatic rings. The number of aromatic nitrogens is 2. The summed E-state index contributed by atoms with van der Waals surface area (Å²) in [5.74, 6) is 0.960. The number of nitrogens with zero attached hydrogens (tertiary/aromatic N) is 2. The molecule has 0 fully saturated rings. The van der Waals surface area contributed by atoms with Crippen molar-refractivity contribution in [1.29, 1.82) is 0 Å². The van der Waals surface area contributed by atoms with Gasteiger partial charge in [0.1, 0.15) is 5.82 Å². The van der Waals surface area contributed by atoms with Crippen LogP contribution in [0.3, 0.4) is 0 Å². The molecule has 1 heterocycles. The van der Waals surface area contributed by atoms with E-state index >= 15 is 0 Å². The molecule has 0 saturated carbocycles. The maximum Gasteiger partial charge on any atom is 0.411 e. The first kappa shape index (κ1) is 13.9. The van der Waals surface area contributed by atoms with Gasteiger partial charge in [-0.2, -0.15) is 0 Å². The average Bonchev–Trinajstić information content (AvgIpc) is 2.87. The molecule has 0 saturated heterocycles. The number of aryl methyl sites for hydroxylation is 1. The number of imidazole rings is 1. The van der Waals surface area contributed by atoms with Crippen LogP contribution in [0.25, 0.3) is 0 Å². The average molecular weight is 274 g/mol. The van der Waals surface area contributed by atoms with Gasteiger partial charge in [-0.3, -0.25) is 5.32 Å². The van der Waals surface area contributed by atoms with E-state index in [1.165, 1.54) is 7.11 Å². The first-order valence-electron chi connectivity index (χ1n) is 6.29. The fourth-order valence-corrected chi connectivity index (χ4v) is 1.93. The highest BCUT2D eigenvalue weighted by Gasteiger charge is 2.09. The summed E-state index contributed by atoms with van der Waals surface area (Å²) < 4.78 is 6.51. The highest BCUT2D eigenvalue weighted by Crippen LogP contribution is 2.19.